The summed E-state index contributed by atoms with van der Waals surface area (Å²) >= 11 is 0. The number of hydrogen-bond acceptors (Lipinski definition) is 5. The van der Waals surface area contributed by atoms with Crippen LogP contribution >= 0.6 is 0 Å². The number of nitrogens with one attached hydrogen (secondary N) is 1. The zero-order chi connectivity index (χ0) is 15.4. The fourth-order valence-electron chi connectivity index (χ4n) is 2.43. The second kappa shape index (κ2) is 6.53. The molecule has 1 unspecified atom stereocenters. The Morgan fingerprint density at radius 1 is 1.57 bits per heavy atom. The van der Waals surface area contributed by atoms with Crippen LogP contribution in [-0.2, 0) is 0 Å². The SMILES string of the molecule is CCOc1c(C(=O)N2CCNCC2C)cccc1[N+](=O)[O-]. The van der Waals surface area contributed by atoms with Crippen LogP contribution in [0.1, 0.15) is 24.2 Å². The molecule has 7 nitrogen and oxygen atoms in total. The van der Waals surface area contributed by atoms with Crippen LogP contribution in [-0.4, -0.2) is 48.0 Å². The summed E-state index contributed by atoms with van der Waals surface area (Å²) in [6, 6.07) is 4.48. The lowest BCUT2D eigenvalue weighted by atomic mass is 10.1. The molecule has 1 aliphatic heterocycles. The number of ether oxygens (including phenoxy) is 1. The first-order valence-electron chi connectivity index (χ1n) is 6.98. The fraction of sp³-hybridized carbons (Fsp3) is 0.500. The van der Waals surface area contributed by atoms with Gasteiger partial charge in [0.05, 0.1) is 17.1 Å². The van der Waals surface area contributed by atoms with Gasteiger partial charge < -0.3 is 15.0 Å². The van der Waals surface area contributed by atoms with Crippen molar-refractivity contribution >= 4 is 11.6 Å². The lowest BCUT2D eigenvalue weighted by Gasteiger charge is -2.34. The molecule has 1 aromatic carbocycles. The highest BCUT2D eigenvalue weighted by atomic mass is 16.6. The molecule has 2 rings (SSSR count). The van der Waals surface area contributed by atoms with Gasteiger partial charge in [-0.05, 0) is 19.9 Å². The number of nitrogens with zero attached hydrogens (tertiary/aromatic N) is 2. The predicted molar refractivity (Wildman–Crippen MR) is 77.6 cm³/mol. The number of rotatable bonds is 4. The van der Waals surface area contributed by atoms with Crippen LogP contribution < -0.4 is 10.1 Å². The van der Waals surface area contributed by atoms with Crippen molar-refractivity contribution in [2.24, 2.45) is 0 Å². The number of carbonyl (C=O) groups excluding carboxylic acids is 1. The van der Waals surface area contributed by atoms with Gasteiger partial charge in [-0.2, -0.15) is 0 Å². The van der Waals surface area contributed by atoms with Gasteiger partial charge >= 0.3 is 5.69 Å². The van der Waals surface area contributed by atoms with Crippen LogP contribution in [0.2, 0.25) is 0 Å². The van der Waals surface area contributed by atoms with Crippen LogP contribution in [0.4, 0.5) is 5.69 Å². The molecule has 0 aliphatic carbocycles. The maximum Gasteiger partial charge on any atom is 0.311 e. The lowest BCUT2D eigenvalue weighted by Crippen LogP contribution is -2.52. The third-order valence-corrected chi connectivity index (χ3v) is 3.47. The van der Waals surface area contributed by atoms with E-state index in [2.05, 4.69) is 5.32 Å². The van der Waals surface area contributed by atoms with Crippen LogP contribution in [0.15, 0.2) is 18.2 Å². The van der Waals surface area contributed by atoms with E-state index in [4.69, 9.17) is 4.74 Å². The molecule has 0 saturated carbocycles. The molecule has 1 fully saturated rings. The third kappa shape index (κ3) is 3.13. The lowest BCUT2D eigenvalue weighted by molar-refractivity contribution is -0.385. The molecule has 1 aliphatic rings. The number of carbonyl (C=O) groups is 1. The van der Waals surface area contributed by atoms with Gasteiger partial charge in [0.2, 0.25) is 5.75 Å². The smallest absolute Gasteiger partial charge is 0.311 e. The Morgan fingerprint density at radius 2 is 2.33 bits per heavy atom. The Hall–Kier alpha value is -2.15. The predicted octanol–water partition coefficient (Wildman–Crippen LogP) is 1.43. The number of nitro benzene ring substituents is 1. The fourth-order valence-corrected chi connectivity index (χ4v) is 2.43. The molecular weight excluding hydrogens is 274 g/mol. The Bertz CT molecular complexity index is 547. The molecule has 0 radical (unpaired) electrons. The molecule has 21 heavy (non-hydrogen) atoms. The summed E-state index contributed by atoms with van der Waals surface area (Å²) in [7, 11) is 0. The standard InChI is InChI=1S/C14H19N3O4/c1-3-21-13-11(5-4-6-12(13)17(19)20)14(18)16-8-7-15-9-10(16)2/h4-6,10,15H,3,7-9H2,1-2H3. The largest absolute Gasteiger partial charge is 0.487 e. The maximum absolute atomic E-state index is 12.7. The molecule has 7 heteroatoms. The van der Waals surface area contributed by atoms with E-state index in [1.54, 1.807) is 17.9 Å². The van der Waals surface area contributed by atoms with Gasteiger partial charge in [-0.1, -0.05) is 6.07 Å². The number of benzene rings is 1. The van der Waals surface area contributed by atoms with Gasteiger partial charge in [-0.15, -0.1) is 0 Å². The van der Waals surface area contributed by atoms with Crippen molar-refractivity contribution < 1.29 is 14.5 Å². The van der Waals surface area contributed by atoms with E-state index in [9.17, 15) is 14.9 Å². The Balaban J connectivity index is 2.39. The number of para-hydroxylation sites is 1. The van der Waals surface area contributed by atoms with Crippen LogP contribution in [0.3, 0.4) is 0 Å². The average molecular weight is 293 g/mol. The molecule has 114 valence electrons. The summed E-state index contributed by atoms with van der Waals surface area (Å²) < 4.78 is 5.37. The summed E-state index contributed by atoms with van der Waals surface area (Å²) in [5.41, 5.74) is 0.0743. The third-order valence-electron chi connectivity index (χ3n) is 3.47. The normalized spacial score (nSPS) is 18.4. The second-order valence-electron chi connectivity index (χ2n) is 4.90. The van der Waals surface area contributed by atoms with Crippen LogP contribution in [0, 0.1) is 10.1 Å². The van der Waals surface area contributed by atoms with Crippen molar-refractivity contribution in [3.8, 4) is 5.75 Å². The monoisotopic (exact) mass is 293 g/mol. The molecular formula is C14H19N3O4. The number of amides is 1. The van der Waals surface area contributed by atoms with Gasteiger partial charge in [-0.25, -0.2) is 0 Å². The van der Waals surface area contributed by atoms with E-state index >= 15 is 0 Å². The van der Waals surface area contributed by atoms with E-state index in [-0.39, 0.29) is 35.6 Å². The topological polar surface area (TPSA) is 84.7 Å². The van der Waals surface area contributed by atoms with Crippen molar-refractivity contribution in [3.05, 3.63) is 33.9 Å². The molecule has 1 saturated heterocycles. The number of piperazine rings is 1. The van der Waals surface area contributed by atoms with Gasteiger partial charge in [-0.3, -0.25) is 14.9 Å². The summed E-state index contributed by atoms with van der Waals surface area (Å²) in [5.74, 6) is -0.170. The zero-order valence-corrected chi connectivity index (χ0v) is 12.2. The van der Waals surface area contributed by atoms with Gasteiger partial charge in [0.15, 0.2) is 0 Å². The maximum atomic E-state index is 12.7. The highest BCUT2D eigenvalue weighted by Gasteiger charge is 2.29. The van der Waals surface area contributed by atoms with E-state index in [1.807, 2.05) is 6.92 Å². The first-order chi connectivity index (χ1) is 10.1. The minimum atomic E-state index is -0.525. The summed E-state index contributed by atoms with van der Waals surface area (Å²) in [6.45, 7) is 5.95. The van der Waals surface area contributed by atoms with Gasteiger partial charge in [0.1, 0.15) is 0 Å². The highest BCUT2D eigenvalue weighted by molar-refractivity contribution is 5.98. The minimum Gasteiger partial charge on any atom is -0.487 e. The first-order valence-corrected chi connectivity index (χ1v) is 6.98. The molecule has 1 atom stereocenters. The van der Waals surface area contributed by atoms with E-state index < -0.39 is 4.92 Å². The van der Waals surface area contributed by atoms with Crippen molar-refractivity contribution in [1.29, 1.82) is 0 Å². The minimum absolute atomic E-state index is 0.0417. The van der Waals surface area contributed by atoms with Crippen molar-refractivity contribution in [3.63, 3.8) is 0 Å². The Morgan fingerprint density at radius 3 is 2.95 bits per heavy atom. The number of hydrogen-bond donors (Lipinski definition) is 1. The quantitative estimate of drug-likeness (QED) is 0.670. The second-order valence-corrected chi connectivity index (χ2v) is 4.90. The first kappa shape index (κ1) is 15.2. The van der Waals surface area contributed by atoms with Crippen LogP contribution in [0.25, 0.3) is 0 Å². The van der Waals surface area contributed by atoms with Gasteiger partial charge in [0.25, 0.3) is 5.91 Å². The molecule has 0 bridgehead atoms. The molecule has 1 amide bonds. The number of nitro groups is 1. The molecule has 0 spiro atoms. The van der Waals surface area contributed by atoms with Crippen molar-refractivity contribution in [2.45, 2.75) is 19.9 Å². The zero-order valence-electron chi connectivity index (χ0n) is 12.2. The average Bonchev–Trinajstić information content (AvgIpc) is 2.47. The molecule has 1 heterocycles. The van der Waals surface area contributed by atoms with E-state index in [0.717, 1.165) is 6.54 Å². The van der Waals surface area contributed by atoms with Crippen molar-refractivity contribution in [2.75, 3.05) is 26.2 Å². The molecule has 0 aromatic heterocycles. The van der Waals surface area contributed by atoms with E-state index in [0.29, 0.717) is 13.1 Å². The van der Waals surface area contributed by atoms with Crippen LogP contribution in [0.5, 0.6) is 5.75 Å². The van der Waals surface area contributed by atoms with Gasteiger partial charge in [0, 0.05) is 31.7 Å². The molecule has 1 aromatic rings. The molecule has 1 N–H and O–H groups in total. The summed E-state index contributed by atoms with van der Waals surface area (Å²) in [4.78, 5) is 25.0. The van der Waals surface area contributed by atoms with E-state index in [1.165, 1.54) is 12.1 Å². The Kier molecular flexibility index (Phi) is 4.74. The highest BCUT2D eigenvalue weighted by Crippen LogP contribution is 2.32. The summed E-state index contributed by atoms with van der Waals surface area (Å²) in [6.07, 6.45) is 0. The van der Waals surface area contributed by atoms with Crippen molar-refractivity contribution in [1.82, 2.24) is 10.2 Å². The summed E-state index contributed by atoms with van der Waals surface area (Å²) in [5, 5.41) is 14.3. The Labute approximate surface area is 123 Å².